The van der Waals surface area contributed by atoms with Gasteiger partial charge in [-0.1, -0.05) is 72.3 Å². The maximum absolute atomic E-state index is 12.3. The molecule has 134 valence electrons. The smallest absolute Gasteiger partial charge is 0.134 e. The molecule has 2 bridgehead atoms. The Morgan fingerprint density at radius 3 is 2.23 bits per heavy atom. The fourth-order valence-corrected chi connectivity index (χ4v) is 4.89. The van der Waals surface area contributed by atoms with E-state index >= 15 is 0 Å². The van der Waals surface area contributed by atoms with Gasteiger partial charge < -0.3 is 0 Å². The highest BCUT2D eigenvalue weighted by molar-refractivity contribution is 5.80. The summed E-state index contributed by atoms with van der Waals surface area (Å²) in [7, 11) is 0. The number of Topliss-reactive ketones (excluding diaryl/α,β-unsaturated/α-hetero) is 1. The molecule has 26 heavy (non-hydrogen) atoms. The molecule has 2 heterocycles. The van der Waals surface area contributed by atoms with Crippen LogP contribution in [0.25, 0.3) is 0 Å². The number of rotatable bonds is 5. The lowest BCUT2D eigenvalue weighted by Gasteiger charge is -2.53. The summed E-state index contributed by atoms with van der Waals surface area (Å²) >= 11 is 0. The molecule has 2 aromatic carbocycles. The molecule has 5 rings (SSSR count). The van der Waals surface area contributed by atoms with Crippen molar-refractivity contribution in [1.29, 1.82) is 0 Å². The molecule has 2 aliphatic heterocycles. The normalized spacial score (nSPS) is 28.0. The van der Waals surface area contributed by atoms with Crippen LogP contribution in [0, 0.1) is 11.8 Å². The highest BCUT2D eigenvalue weighted by atomic mass is 16.1. The van der Waals surface area contributed by atoms with Gasteiger partial charge in [0.2, 0.25) is 0 Å². The van der Waals surface area contributed by atoms with Crippen molar-refractivity contribution < 1.29 is 4.79 Å². The van der Waals surface area contributed by atoms with Crippen molar-refractivity contribution in [2.75, 3.05) is 0 Å². The average molecular weight is 345 g/mol. The van der Waals surface area contributed by atoms with E-state index in [0.717, 1.165) is 19.4 Å². The predicted octanol–water partition coefficient (Wildman–Crippen LogP) is 4.65. The number of hydrogen-bond donors (Lipinski definition) is 0. The van der Waals surface area contributed by atoms with Crippen molar-refractivity contribution in [3.05, 3.63) is 83.4 Å². The highest BCUT2D eigenvalue weighted by Gasteiger charge is 2.47. The van der Waals surface area contributed by atoms with Crippen LogP contribution in [0.2, 0.25) is 0 Å². The topological polar surface area (TPSA) is 20.3 Å². The van der Waals surface area contributed by atoms with Crippen LogP contribution in [0.1, 0.15) is 31.4 Å². The van der Waals surface area contributed by atoms with Crippen molar-refractivity contribution in [2.45, 2.75) is 45.3 Å². The largest absolute Gasteiger partial charge is 0.300 e. The predicted molar refractivity (Wildman–Crippen MR) is 106 cm³/mol. The molecule has 0 aromatic heterocycles. The summed E-state index contributed by atoms with van der Waals surface area (Å²) in [6, 6.07) is 22.1. The minimum Gasteiger partial charge on any atom is -0.300 e. The van der Waals surface area contributed by atoms with Crippen LogP contribution in [0.4, 0.5) is 0 Å². The Hall–Kier alpha value is -2.19. The molecule has 4 atom stereocenters. The molecule has 4 unspecified atom stereocenters. The molecular formula is C24H27NO. The third-order valence-electron chi connectivity index (χ3n) is 6.23. The lowest BCUT2D eigenvalue weighted by atomic mass is 9.67. The third-order valence-corrected chi connectivity index (χ3v) is 6.23. The Morgan fingerprint density at radius 2 is 1.62 bits per heavy atom. The van der Waals surface area contributed by atoms with E-state index in [1.165, 1.54) is 16.7 Å². The van der Waals surface area contributed by atoms with E-state index in [9.17, 15) is 4.79 Å². The molecular weight excluding hydrogens is 318 g/mol. The number of hydrogen-bond acceptors (Lipinski definition) is 2. The summed E-state index contributed by atoms with van der Waals surface area (Å²) in [5.74, 6) is 0.942. The molecule has 0 amide bonds. The number of fused-ring (bicyclic) bond motifs is 2. The van der Waals surface area contributed by atoms with Gasteiger partial charge in [-0.05, 0) is 43.7 Å². The Labute approximate surface area is 156 Å². The van der Waals surface area contributed by atoms with Crippen LogP contribution in [-0.2, 0) is 17.8 Å². The van der Waals surface area contributed by atoms with Gasteiger partial charge in [-0.15, -0.1) is 0 Å². The van der Waals surface area contributed by atoms with Gasteiger partial charge in [-0.25, -0.2) is 0 Å². The van der Waals surface area contributed by atoms with Crippen molar-refractivity contribution in [3.8, 4) is 0 Å². The molecule has 2 heteroatoms. The zero-order valence-corrected chi connectivity index (χ0v) is 15.6. The van der Waals surface area contributed by atoms with Crippen molar-refractivity contribution in [2.24, 2.45) is 11.8 Å². The molecule has 0 radical (unpaired) electrons. The number of benzene rings is 2. The van der Waals surface area contributed by atoms with Gasteiger partial charge in [0.25, 0.3) is 0 Å². The van der Waals surface area contributed by atoms with Gasteiger partial charge in [0.05, 0.1) is 0 Å². The first-order valence-corrected chi connectivity index (χ1v) is 9.66. The number of ketones is 1. The summed E-state index contributed by atoms with van der Waals surface area (Å²) in [5.41, 5.74) is 4.18. The van der Waals surface area contributed by atoms with E-state index in [2.05, 4.69) is 78.6 Å². The highest BCUT2D eigenvalue weighted by Crippen LogP contribution is 2.44. The van der Waals surface area contributed by atoms with Crippen molar-refractivity contribution in [1.82, 2.24) is 4.90 Å². The van der Waals surface area contributed by atoms with E-state index in [1.54, 1.807) is 6.92 Å². The quantitative estimate of drug-likeness (QED) is 0.735. The fourth-order valence-electron chi connectivity index (χ4n) is 4.89. The summed E-state index contributed by atoms with van der Waals surface area (Å²) < 4.78 is 0. The maximum Gasteiger partial charge on any atom is 0.134 e. The lowest BCUT2D eigenvalue weighted by molar-refractivity contribution is -0.126. The van der Waals surface area contributed by atoms with Gasteiger partial charge in [-0.2, -0.15) is 0 Å². The molecule has 0 N–H and O–H groups in total. The molecule has 2 aromatic rings. The number of nitrogens with zero attached hydrogens (tertiary/aromatic N) is 1. The van der Waals surface area contributed by atoms with E-state index in [1.807, 2.05) is 0 Å². The SMILES string of the molecule is CC(=O)C1CC2C(C)=CC1N(Cc1ccccc1)C2Cc1ccccc1. The maximum atomic E-state index is 12.3. The van der Waals surface area contributed by atoms with E-state index in [0.29, 0.717) is 17.7 Å². The standard InChI is InChI=1S/C24H27NO/c1-17-13-23-22(18(2)26)15-21(17)24(14-19-9-5-3-6-10-19)25(23)16-20-11-7-4-8-12-20/h3-13,21-24H,14-16H2,1-2H3. The van der Waals surface area contributed by atoms with E-state index in [-0.39, 0.29) is 12.0 Å². The Morgan fingerprint density at radius 1 is 1.00 bits per heavy atom. The van der Waals surface area contributed by atoms with Gasteiger partial charge in [0.15, 0.2) is 0 Å². The van der Waals surface area contributed by atoms with Crippen LogP contribution in [0.3, 0.4) is 0 Å². The van der Waals surface area contributed by atoms with Gasteiger partial charge in [-0.3, -0.25) is 9.69 Å². The van der Waals surface area contributed by atoms with Crippen LogP contribution in [0.5, 0.6) is 0 Å². The van der Waals surface area contributed by atoms with Crippen LogP contribution >= 0.6 is 0 Å². The van der Waals surface area contributed by atoms with Crippen molar-refractivity contribution >= 4 is 5.78 Å². The zero-order chi connectivity index (χ0) is 18.1. The molecule has 1 fully saturated rings. The van der Waals surface area contributed by atoms with Gasteiger partial charge in [0, 0.05) is 24.5 Å². The fraction of sp³-hybridized carbons (Fsp3) is 0.375. The zero-order valence-electron chi connectivity index (χ0n) is 15.6. The van der Waals surface area contributed by atoms with Crippen molar-refractivity contribution in [3.63, 3.8) is 0 Å². The lowest BCUT2D eigenvalue weighted by Crippen LogP contribution is -2.59. The first-order valence-electron chi connectivity index (χ1n) is 9.66. The molecule has 3 aliphatic rings. The van der Waals surface area contributed by atoms with Gasteiger partial charge >= 0.3 is 0 Å². The second-order valence-electron chi connectivity index (χ2n) is 7.88. The first-order chi connectivity index (χ1) is 12.6. The van der Waals surface area contributed by atoms with E-state index < -0.39 is 0 Å². The van der Waals surface area contributed by atoms with E-state index in [4.69, 9.17) is 0 Å². The summed E-state index contributed by atoms with van der Waals surface area (Å²) in [6.45, 7) is 4.93. The summed E-state index contributed by atoms with van der Waals surface area (Å²) in [4.78, 5) is 14.9. The minimum absolute atomic E-state index is 0.138. The molecule has 0 spiro atoms. The second-order valence-corrected chi connectivity index (χ2v) is 7.88. The van der Waals surface area contributed by atoms with Gasteiger partial charge in [0.1, 0.15) is 5.78 Å². The summed E-state index contributed by atoms with van der Waals surface area (Å²) in [5, 5.41) is 0. The Kier molecular flexibility index (Phi) is 4.78. The van der Waals surface area contributed by atoms with Crippen LogP contribution < -0.4 is 0 Å². The molecule has 1 saturated heterocycles. The minimum atomic E-state index is 0.138. The third kappa shape index (κ3) is 3.26. The Balaban J connectivity index is 1.68. The molecule has 2 nitrogen and oxygen atoms in total. The molecule has 1 aliphatic carbocycles. The Bertz CT molecular complexity index is 795. The summed E-state index contributed by atoms with van der Waals surface area (Å²) in [6.07, 6.45) is 4.42. The monoisotopic (exact) mass is 345 g/mol. The second kappa shape index (κ2) is 7.20. The average Bonchev–Trinajstić information content (AvgIpc) is 2.65. The number of carbonyl (C=O) groups excluding carboxylic acids is 1. The first kappa shape index (κ1) is 17.2. The van der Waals surface area contributed by atoms with Crippen LogP contribution in [-0.4, -0.2) is 22.8 Å². The molecule has 0 saturated carbocycles. The van der Waals surface area contributed by atoms with Crippen LogP contribution in [0.15, 0.2) is 72.3 Å². The number of piperidine rings is 1. The number of carbonyl (C=O) groups is 1.